The number of ether oxygens (including phenoxy) is 4. The summed E-state index contributed by atoms with van der Waals surface area (Å²) in [6.07, 6.45) is -1.83. The molecule has 9 N–H and O–H groups in total. The molecule has 0 spiro atoms. The molecule has 0 aromatic carbocycles. The summed E-state index contributed by atoms with van der Waals surface area (Å²) in [5, 5.41) is 93.2. The van der Waals surface area contributed by atoms with Crippen molar-refractivity contribution in [3.63, 3.8) is 0 Å². The molecule has 0 bridgehead atoms. The van der Waals surface area contributed by atoms with Gasteiger partial charge in [-0.3, -0.25) is 0 Å². The van der Waals surface area contributed by atoms with Gasteiger partial charge >= 0.3 is 0 Å². The predicted molar refractivity (Wildman–Crippen MR) is 201 cm³/mol. The van der Waals surface area contributed by atoms with E-state index in [9.17, 15) is 46.0 Å². The molecule has 19 atom stereocenters. The van der Waals surface area contributed by atoms with Gasteiger partial charge in [-0.15, -0.1) is 0 Å². The largest absolute Gasteiger partial charge is 0.394 e. The van der Waals surface area contributed by atoms with Gasteiger partial charge in [-0.1, -0.05) is 46.3 Å². The molecule has 2 heterocycles. The number of rotatable bonds is 11. The van der Waals surface area contributed by atoms with Crippen molar-refractivity contribution in [2.24, 2.45) is 45.3 Å². The van der Waals surface area contributed by atoms with Crippen molar-refractivity contribution in [2.75, 3.05) is 19.8 Å². The average molecular weight is 785 g/mol. The molecule has 0 aromatic rings. The molecule has 13 heteroatoms. The molecule has 4 saturated carbocycles. The molecule has 2 saturated heterocycles. The van der Waals surface area contributed by atoms with E-state index in [2.05, 4.69) is 34.6 Å². The van der Waals surface area contributed by atoms with E-state index in [1.807, 2.05) is 19.9 Å². The Hall–Kier alpha value is -0.780. The molecule has 2 aliphatic heterocycles. The molecule has 0 radical (unpaired) electrons. The highest BCUT2D eigenvalue weighted by atomic mass is 16.7. The van der Waals surface area contributed by atoms with Crippen LogP contribution in [0.1, 0.15) is 113 Å². The molecule has 0 unspecified atom stereocenters. The number of hydrogen-bond acceptors (Lipinski definition) is 13. The zero-order valence-corrected chi connectivity index (χ0v) is 34.1. The third kappa shape index (κ3) is 7.42. The molecule has 0 aromatic heterocycles. The summed E-state index contributed by atoms with van der Waals surface area (Å²) >= 11 is 0. The summed E-state index contributed by atoms with van der Waals surface area (Å²) in [5.74, 6) is 1.45. The summed E-state index contributed by atoms with van der Waals surface area (Å²) in [4.78, 5) is 0. The van der Waals surface area contributed by atoms with Gasteiger partial charge in [0.05, 0.1) is 31.5 Å². The Morgan fingerprint density at radius 2 is 1.29 bits per heavy atom. The second-order valence-corrected chi connectivity index (χ2v) is 20.0. The Morgan fingerprint density at radius 3 is 1.91 bits per heavy atom. The Morgan fingerprint density at radius 1 is 0.709 bits per heavy atom. The maximum Gasteiger partial charge on any atom is 0.187 e. The zero-order chi connectivity index (χ0) is 40.5. The fourth-order valence-corrected chi connectivity index (χ4v) is 13.3. The first kappa shape index (κ1) is 43.8. The van der Waals surface area contributed by atoms with E-state index in [4.69, 9.17) is 18.9 Å². The van der Waals surface area contributed by atoms with Gasteiger partial charge in [-0.2, -0.15) is 0 Å². The lowest BCUT2D eigenvalue weighted by Gasteiger charge is -2.70. The topological polar surface area (TPSA) is 219 Å². The van der Waals surface area contributed by atoms with Gasteiger partial charge in [0.15, 0.2) is 12.6 Å². The molecular weight excluding hydrogens is 712 g/mol. The van der Waals surface area contributed by atoms with E-state index in [-0.39, 0.29) is 40.3 Å². The van der Waals surface area contributed by atoms with Crippen LogP contribution in [0.3, 0.4) is 0 Å². The standard InChI is InChI=1S/C42H72O13/c1-22(21-52-36-34(49)32(47)30(45)25(19-43)53-36)9-8-15-42(7,51)24-12-17-40(5)23(24)10-11-28-39(4)16-14-29(38(2,3)27(39)13-18-41(28,40)6)55-37-35(50)33(48)31(46)26(20-44)54-37/h9,23-37,43-51H,8,10-21H2,1-7H3/b22-9+/t23-,24+,25-,26-,27+,28-,29+,30-,31-,32+,33+,34-,35-,36-,37+,39+,40-,41-,42+/m1/s1. The number of fused-ring (bicyclic) bond motifs is 5. The highest BCUT2D eigenvalue weighted by Crippen LogP contribution is 2.76. The van der Waals surface area contributed by atoms with Crippen LogP contribution in [0.15, 0.2) is 11.6 Å². The van der Waals surface area contributed by atoms with Crippen LogP contribution in [0.2, 0.25) is 0 Å². The Labute approximate surface area is 327 Å². The molecule has 6 rings (SSSR count). The van der Waals surface area contributed by atoms with Crippen LogP contribution < -0.4 is 0 Å². The summed E-state index contributed by atoms with van der Waals surface area (Å²) in [5.41, 5.74) is 0.0309. The second kappa shape index (κ2) is 16.0. The van der Waals surface area contributed by atoms with Crippen LogP contribution in [0.5, 0.6) is 0 Å². The first-order chi connectivity index (χ1) is 25.7. The van der Waals surface area contributed by atoms with Gasteiger partial charge < -0.3 is 64.9 Å². The number of allylic oxidation sites excluding steroid dienone is 1. The molecule has 6 fully saturated rings. The Kier molecular flexibility index (Phi) is 12.7. The minimum Gasteiger partial charge on any atom is -0.394 e. The van der Waals surface area contributed by atoms with Crippen LogP contribution in [0.4, 0.5) is 0 Å². The average Bonchev–Trinajstić information content (AvgIpc) is 3.50. The van der Waals surface area contributed by atoms with Crippen molar-refractivity contribution in [3.8, 4) is 0 Å². The minimum absolute atomic E-state index is 0.0698. The highest BCUT2D eigenvalue weighted by molar-refractivity contribution is 5.18. The van der Waals surface area contributed by atoms with Crippen LogP contribution in [-0.4, -0.2) is 139 Å². The van der Waals surface area contributed by atoms with E-state index in [0.29, 0.717) is 30.6 Å². The molecule has 6 aliphatic rings. The van der Waals surface area contributed by atoms with Crippen molar-refractivity contribution < 1.29 is 64.9 Å². The summed E-state index contributed by atoms with van der Waals surface area (Å²) in [7, 11) is 0. The van der Waals surface area contributed by atoms with Crippen molar-refractivity contribution in [3.05, 3.63) is 11.6 Å². The number of aliphatic hydroxyl groups excluding tert-OH is 8. The van der Waals surface area contributed by atoms with Gasteiger partial charge in [0.2, 0.25) is 0 Å². The molecule has 4 aliphatic carbocycles. The van der Waals surface area contributed by atoms with Gasteiger partial charge in [-0.05, 0) is 123 Å². The number of aliphatic hydroxyl groups is 9. The summed E-state index contributed by atoms with van der Waals surface area (Å²) < 4.78 is 23.4. The fourth-order valence-electron chi connectivity index (χ4n) is 13.3. The van der Waals surface area contributed by atoms with Gasteiger partial charge in [0.25, 0.3) is 0 Å². The van der Waals surface area contributed by atoms with E-state index in [1.54, 1.807) is 0 Å². The minimum atomic E-state index is -1.49. The van der Waals surface area contributed by atoms with Crippen LogP contribution >= 0.6 is 0 Å². The van der Waals surface area contributed by atoms with Crippen LogP contribution in [0.25, 0.3) is 0 Å². The maximum atomic E-state index is 12.1. The lowest BCUT2D eigenvalue weighted by Crippen LogP contribution is -2.65. The van der Waals surface area contributed by atoms with E-state index < -0.39 is 80.2 Å². The molecular formula is C42H72O13. The third-order valence-corrected chi connectivity index (χ3v) is 16.7. The van der Waals surface area contributed by atoms with Gasteiger partial charge in [0, 0.05) is 0 Å². The van der Waals surface area contributed by atoms with Gasteiger partial charge in [0.1, 0.15) is 48.8 Å². The van der Waals surface area contributed by atoms with Crippen LogP contribution in [0, 0.1) is 45.3 Å². The van der Waals surface area contributed by atoms with Crippen molar-refractivity contribution in [1.29, 1.82) is 0 Å². The van der Waals surface area contributed by atoms with Crippen LogP contribution in [-0.2, 0) is 18.9 Å². The molecule has 0 amide bonds. The third-order valence-electron chi connectivity index (χ3n) is 16.7. The lowest BCUT2D eigenvalue weighted by molar-refractivity contribution is -0.331. The second-order valence-electron chi connectivity index (χ2n) is 20.0. The fraction of sp³-hybridized carbons (Fsp3) is 0.952. The smallest absolute Gasteiger partial charge is 0.187 e. The lowest BCUT2D eigenvalue weighted by atomic mass is 9.35. The predicted octanol–water partition coefficient (Wildman–Crippen LogP) is 2.15. The van der Waals surface area contributed by atoms with E-state index >= 15 is 0 Å². The normalized spacial score (nSPS) is 51.1. The highest BCUT2D eigenvalue weighted by Gasteiger charge is 2.69. The van der Waals surface area contributed by atoms with Crippen molar-refractivity contribution in [2.45, 2.75) is 186 Å². The number of hydrogen-bond donors (Lipinski definition) is 9. The quantitative estimate of drug-likeness (QED) is 0.109. The van der Waals surface area contributed by atoms with Crippen molar-refractivity contribution in [1.82, 2.24) is 0 Å². The van der Waals surface area contributed by atoms with Crippen molar-refractivity contribution >= 4 is 0 Å². The first-order valence-electron chi connectivity index (χ1n) is 20.9. The monoisotopic (exact) mass is 784 g/mol. The Bertz CT molecular complexity index is 1350. The SMILES string of the molecule is C/C(=C\CC[C@](C)(O)[C@H]1CC[C@]2(C)[C@@H]1CC[C@@H]1[C@@]3(C)CC[C@H](O[C@@H]4O[C@H](CO)[C@@H](O)[C@H](O)[C@H]4O)C(C)(C)[C@@H]3CC[C@]12C)CO[C@@H]1O[C@H](CO)[C@@H](O)[C@H](O)[C@H]1O. The molecule has 318 valence electrons. The van der Waals surface area contributed by atoms with E-state index in [1.165, 1.54) is 0 Å². The van der Waals surface area contributed by atoms with Gasteiger partial charge in [-0.25, -0.2) is 0 Å². The summed E-state index contributed by atoms with van der Waals surface area (Å²) in [6.45, 7) is 15.1. The Balaban J connectivity index is 1.08. The molecule has 55 heavy (non-hydrogen) atoms. The summed E-state index contributed by atoms with van der Waals surface area (Å²) in [6, 6.07) is 0. The van der Waals surface area contributed by atoms with E-state index in [0.717, 1.165) is 56.9 Å². The first-order valence-corrected chi connectivity index (χ1v) is 20.9. The molecule has 13 nitrogen and oxygen atoms in total. The maximum absolute atomic E-state index is 12.1. The zero-order valence-electron chi connectivity index (χ0n) is 34.1.